The molecule has 0 radical (unpaired) electrons. The van der Waals surface area contributed by atoms with Crippen LogP contribution in [-0.4, -0.2) is 39.3 Å². The number of hydrogen-bond acceptors (Lipinski definition) is 7. The molecule has 2 unspecified atom stereocenters. The molecule has 0 aliphatic rings. The number of methoxy groups -OCH3 is 1. The van der Waals surface area contributed by atoms with E-state index in [1.54, 1.807) is 63.2 Å². The number of benzene rings is 2. The quantitative estimate of drug-likeness (QED) is 0.645. The minimum atomic E-state index is -4.14. The Morgan fingerprint density at radius 1 is 0.968 bits per heavy atom. The highest BCUT2D eigenvalue weighted by atomic mass is 32.2. The molecule has 0 fully saturated rings. The summed E-state index contributed by atoms with van der Waals surface area (Å²) in [6.45, 7) is 6.79. The number of sulfonamides is 1. The van der Waals surface area contributed by atoms with Crippen molar-refractivity contribution in [1.29, 1.82) is 0 Å². The fraction of sp³-hybridized carbons (Fsp3) is 0.364. The van der Waals surface area contributed by atoms with Gasteiger partial charge in [0, 0.05) is 0 Å². The molecule has 0 aliphatic heterocycles. The molecule has 0 saturated carbocycles. The Hall–Kier alpha value is -2.91. The van der Waals surface area contributed by atoms with Gasteiger partial charge in [-0.05, 0) is 45.4 Å². The van der Waals surface area contributed by atoms with Gasteiger partial charge in [-0.2, -0.15) is 4.72 Å². The Kier molecular flexibility index (Phi) is 7.80. The number of nitrogens with one attached hydrogen (secondary N) is 1. The maximum atomic E-state index is 12.9. The number of ether oxygens (including phenoxy) is 3. The van der Waals surface area contributed by atoms with E-state index in [-0.39, 0.29) is 4.90 Å². The third kappa shape index (κ3) is 7.08. The highest BCUT2D eigenvalue weighted by Crippen LogP contribution is 2.26. The fourth-order valence-electron chi connectivity index (χ4n) is 2.66. The molecule has 31 heavy (non-hydrogen) atoms. The predicted octanol–water partition coefficient (Wildman–Crippen LogP) is 3.51. The number of esters is 1. The summed E-state index contributed by atoms with van der Waals surface area (Å²) in [6, 6.07) is 12.8. The van der Waals surface area contributed by atoms with Gasteiger partial charge in [0.15, 0.2) is 12.1 Å². The molecule has 0 spiro atoms. The van der Waals surface area contributed by atoms with Gasteiger partial charge in [-0.3, -0.25) is 4.79 Å². The third-order valence-corrected chi connectivity index (χ3v) is 5.57. The molecule has 0 saturated heterocycles. The smallest absolute Gasteiger partial charge is 0.468 e. The van der Waals surface area contributed by atoms with Crippen molar-refractivity contribution in [2.75, 3.05) is 7.11 Å². The van der Waals surface area contributed by atoms with Crippen LogP contribution >= 0.6 is 0 Å². The molecule has 0 bridgehead atoms. The average molecular weight is 450 g/mol. The maximum absolute atomic E-state index is 12.9. The lowest BCUT2D eigenvalue weighted by Gasteiger charge is -2.27. The monoisotopic (exact) mass is 449 g/mol. The largest absolute Gasteiger partial charge is 0.509 e. The first kappa shape index (κ1) is 24.4. The van der Waals surface area contributed by atoms with Gasteiger partial charge in [0.2, 0.25) is 10.0 Å². The van der Waals surface area contributed by atoms with E-state index in [9.17, 15) is 18.0 Å². The number of carbonyl (C=O) groups is 2. The van der Waals surface area contributed by atoms with Gasteiger partial charge < -0.3 is 14.2 Å². The van der Waals surface area contributed by atoms with Crippen molar-refractivity contribution in [3.63, 3.8) is 0 Å². The zero-order chi connectivity index (χ0) is 23.2. The van der Waals surface area contributed by atoms with Crippen molar-refractivity contribution in [3.05, 3.63) is 65.7 Å². The standard InChI is InChI=1S/C22H27NO7S/c1-15-11-13-17(14-12-15)31(26,27)23-18(20(24)28-5)19(16-9-7-6-8-10-16)29-21(25)30-22(2,3)4/h6-14,18-19,23H,1-5H3. The lowest BCUT2D eigenvalue weighted by atomic mass is 10.0. The van der Waals surface area contributed by atoms with Gasteiger partial charge in [0.1, 0.15) is 5.60 Å². The van der Waals surface area contributed by atoms with Gasteiger partial charge in [-0.15, -0.1) is 0 Å². The molecular weight excluding hydrogens is 422 g/mol. The summed E-state index contributed by atoms with van der Waals surface area (Å²) in [6.07, 6.45) is -2.38. The molecule has 0 aromatic heterocycles. The van der Waals surface area contributed by atoms with E-state index < -0.39 is 39.9 Å². The Balaban J connectivity index is 2.44. The van der Waals surface area contributed by atoms with Crippen LogP contribution in [0.2, 0.25) is 0 Å². The maximum Gasteiger partial charge on any atom is 0.509 e. The number of aryl methyl sites for hydroxylation is 1. The van der Waals surface area contributed by atoms with Crippen LogP contribution in [0.25, 0.3) is 0 Å². The molecule has 0 amide bonds. The Morgan fingerprint density at radius 3 is 2.06 bits per heavy atom. The van der Waals surface area contributed by atoms with E-state index in [4.69, 9.17) is 14.2 Å². The van der Waals surface area contributed by atoms with Crippen molar-refractivity contribution >= 4 is 22.1 Å². The van der Waals surface area contributed by atoms with Crippen LogP contribution in [-0.2, 0) is 29.0 Å². The van der Waals surface area contributed by atoms with Crippen molar-refractivity contribution in [2.45, 2.75) is 50.3 Å². The first-order valence-electron chi connectivity index (χ1n) is 9.54. The van der Waals surface area contributed by atoms with Crippen LogP contribution in [0.1, 0.15) is 38.0 Å². The molecule has 8 nitrogen and oxygen atoms in total. The molecule has 2 aromatic rings. The first-order valence-corrected chi connectivity index (χ1v) is 11.0. The molecule has 9 heteroatoms. The van der Waals surface area contributed by atoms with E-state index in [2.05, 4.69) is 4.72 Å². The molecular formula is C22H27NO7S. The average Bonchev–Trinajstić information content (AvgIpc) is 2.69. The molecule has 0 aliphatic carbocycles. The van der Waals surface area contributed by atoms with E-state index in [0.717, 1.165) is 12.7 Å². The number of hydrogen-bond donors (Lipinski definition) is 1. The summed E-state index contributed by atoms with van der Waals surface area (Å²) >= 11 is 0. The van der Waals surface area contributed by atoms with Gasteiger partial charge in [0.05, 0.1) is 12.0 Å². The summed E-state index contributed by atoms with van der Waals surface area (Å²) in [5.41, 5.74) is 0.412. The lowest BCUT2D eigenvalue weighted by Crippen LogP contribution is -2.47. The van der Waals surface area contributed by atoms with Crippen LogP contribution < -0.4 is 4.72 Å². The highest BCUT2D eigenvalue weighted by molar-refractivity contribution is 7.89. The molecule has 2 rings (SSSR count). The van der Waals surface area contributed by atoms with Crippen LogP contribution in [0.5, 0.6) is 0 Å². The van der Waals surface area contributed by atoms with Crippen LogP contribution in [0.3, 0.4) is 0 Å². The Morgan fingerprint density at radius 2 is 1.55 bits per heavy atom. The van der Waals surface area contributed by atoms with Crippen molar-refractivity contribution < 1.29 is 32.2 Å². The van der Waals surface area contributed by atoms with Gasteiger partial charge in [-0.25, -0.2) is 13.2 Å². The summed E-state index contributed by atoms with van der Waals surface area (Å²) < 4.78 is 43.6. The SMILES string of the molecule is COC(=O)C(NS(=O)(=O)c1ccc(C)cc1)C(OC(=O)OC(C)(C)C)c1ccccc1. The second kappa shape index (κ2) is 9.93. The number of rotatable bonds is 7. The summed E-state index contributed by atoms with van der Waals surface area (Å²) in [5, 5.41) is 0. The fourth-order valence-corrected chi connectivity index (χ4v) is 3.85. The zero-order valence-electron chi connectivity index (χ0n) is 18.1. The van der Waals surface area contributed by atoms with Gasteiger partial charge in [-0.1, -0.05) is 48.0 Å². The molecule has 1 N–H and O–H groups in total. The summed E-state index contributed by atoms with van der Waals surface area (Å²) in [4.78, 5) is 24.9. The zero-order valence-corrected chi connectivity index (χ0v) is 18.9. The van der Waals surface area contributed by atoms with Crippen molar-refractivity contribution in [2.24, 2.45) is 0 Å². The lowest BCUT2D eigenvalue weighted by molar-refractivity contribution is -0.146. The van der Waals surface area contributed by atoms with Crippen LogP contribution in [0.4, 0.5) is 4.79 Å². The second-order valence-corrected chi connectivity index (χ2v) is 9.56. The Bertz CT molecular complexity index is 996. The normalized spacial score (nSPS) is 13.7. The van der Waals surface area contributed by atoms with Crippen molar-refractivity contribution in [1.82, 2.24) is 4.72 Å². The topological polar surface area (TPSA) is 108 Å². The van der Waals surface area contributed by atoms with Gasteiger partial charge in [0.25, 0.3) is 0 Å². The Labute approximate surface area is 182 Å². The van der Waals surface area contributed by atoms with Crippen LogP contribution in [0.15, 0.2) is 59.5 Å². The van der Waals surface area contributed by atoms with E-state index >= 15 is 0 Å². The van der Waals surface area contributed by atoms with E-state index in [1.807, 2.05) is 6.92 Å². The number of carbonyl (C=O) groups excluding carboxylic acids is 2. The molecule has 0 heterocycles. The third-order valence-electron chi connectivity index (χ3n) is 4.11. The highest BCUT2D eigenvalue weighted by Gasteiger charge is 2.38. The minimum absolute atomic E-state index is 0.0453. The van der Waals surface area contributed by atoms with Crippen LogP contribution in [0, 0.1) is 6.92 Å². The molecule has 168 valence electrons. The second-order valence-electron chi connectivity index (χ2n) is 7.85. The molecule has 2 atom stereocenters. The predicted molar refractivity (Wildman–Crippen MR) is 114 cm³/mol. The van der Waals surface area contributed by atoms with E-state index in [1.165, 1.54) is 12.1 Å². The summed E-state index contributed by atoms with van der Waals surface area (Å²) in [7, 11) is -3.02. The van der Waals surface area contributed by atoms with Crippen molar-refractivity contribution in [3.8, 4) is 0 Å². The minimum Gasteiger partial charge on any atom is -0.468 e. The van der Waals surface area contributed by atoms with E-state index in [0.29, 0.717) is 5.56 Å². The first-order chi connectivity index (χ1) is 14.4. The van der Waals surface area contributed by atoms with Gasteiger partial charge >= 0.3 is 12.1 Å². The summed E-state index contributed by atoms with van der Waals surface area (Å²) in [5.74, 6) is -0.923. The molecule has 2 aromatic carbocycles.